The van der Waals surface area contributed by atoms with Crippen molar-refractivity contribution in [3.8, 4) is 11.5 Å². The molecule has 0 spiro atoms. The van der Waals surface area contributed by atoms with Crippen LogP contribution in [0.2, 0.25) is 0 Å². The molecule has 0 saturated carbocycles. The summed E-state index contributed by atoms with van der Waals surface area (Å²) in [7, 11) is 0. The normalized spacial score (nSPS) is 13.4. The summed E-state index contributed by atoms with van der Waals surface area (Å²) in [4.78, 5) is 13.1. The summed E-state index contributed by atoms with van der Waals surface area (Å²) in [6, 6.07) is 13.9. The number of aryl methyl sites for hydroxylation is 1. The molecule has 1 aliphatic rings. The molecule has 4 heteroatoms. The Morgan fingerprint density at radius 2 is 2.00 bits per heavy atom. The third-order valence-corrected chi connectivity index (χ3v) is 4.46. The number of thioether (sulfide) groups is 1. The predicted octanol–water partition coefficient (Wildman–Crippen LogP) is 4.13. The second-order valence-corrected chi connectivity index (χ2v) is 6.36. The Bertz CT molecular complexity index is 665. The van der Waals surface area contributed by atoms with Crippen molar-refractivity contribution < 1.29 is 14.3 Å². The van der Waals surface area contributed by atoms with Crippen LogP contribution in [-0.4, -0.2) is 24.7 Å². The van der Waals surface area contributed by atoms with E-state index in [0.29, 0.717) is 30.9 Å². The van der Waals surface area contributed by atoms with Gasteiger partial charge in [-0.3, -0.25) is 4.79 Å². The molecule has 0 saturated heterocycles. The number of carbonyl (C=O) groups is 1. The van der Waals surface area contributed by atoms with Gasteiger partial charge in [0.25, 0.3) is 0 Å². The van der Waals surface area contributed by atoms with Gasteiger partial charge >= 0.3 is 0 Å². The number of carbonyl (C=O) groups excluding carboxylic acids is 1. The molecule has 0 atom stereocenters. The molecule has 2 aromatic rings. The van der Waals surface area contributed by atoms with Gasteiger partial charge in [-0.15, -0.1) is 11.8 Å². The summed E-state index contributed by atoms with van der Waals surface area (Å²) in [5.74, 6) is 2.38. The van der Waals surface area contributed by atoms with Gasteiger partial charge in [-0.25, -0.2) is 0 Å². The van der Waals surface area contributed by atoms with Gasteiger partial charge in [-0.2, -0.15) is 0 Å². The molecule has 0 fully saturated rings. The number of benzene rings is 2. The Labute approximate surface area is 134 Å². The average Bonchev–Trinajstić information content (AvgIpc) is 2.54. The van der Waals surface area contributed by atoms with Crippen LogP contribution < -0.4 is 9.47 Å². The maximum absolute atomic E-state index is 11.8. The smallest absolute Gasteiger partial charge is 0.170 e. The van der Waals surface area contributed by atoms with Crippen molar-refractivity contribution in [2.24, 2.45) is 0 Å². The highest BCUT2D eigenvalue weighted by atomic mass is 32.2. The van der Waals surface area contributed by atoms with E-state index in [1.165, 1.54) is 10.5 Å². The Morgan fingerprint density at radius 1 is 1.18 bits per heavy atom. The van der Waals surface area contributed by atoms with Crippen molar-refractivity contribution in [2.45, 2.75) is 18.2 Å². The molecule has 1 aliphatic heterocycles. The average molecular weight is 314 g/mol. The van der Waals surface area contributed by atoms with Gasteiger partial charge in [-0.1, -0.05) is 17.7 Å². The Balaban J connectivity index is 1.52. The maximum Gasteiger partial charge on any atom is 0.170 e. The first-order valence-corrected chi connectivity index (χ1v) is 8.33. The van der Waals surface area contributed by atoms with Gasteiger partial charge < -0.3 is 9.47 Å². The van der Waals surface area contributed by atoms with Crippen LogP contribution in [0.4, 0.5) is 0 Å². The van der Waals surface area contributed by atoms with E-state index in [0.717, 1.165) is 11.5 Å². The number of ketones is 1. The first kappa shape index (κ1) is 15.0. The second-order valence-electron chi connectivity index (χ2n) is 5.19. The Hall–Kier alpha value is -1.94. The van der Waals surface area contributed by atoms with E-state index in [2.05, 4.69) is 31.2 Å². The minimum atomic E-state index is 0.126. The molecule has 22 heavy (non-hydrogen) atoms. The lowest BCUT2D eigenvalue weighted by Crippen LogP contribution is -2.15. The summed E-state index contributed by atoms with van der Waals surface area (Å²) >= 11 is 1.76. The molecule has 0 aromatic heterocycles. The van der Waals surface area contributed by atoms with Crippen LogP contribution in [0.3, 0.4) is 0 Å². The van der Waals surface area contributed by atoms with Crippen LogP contribution in [0, 0.1) is 6.92 Å². The lowest BCUT2D eigenvalue weighted by Gasteiger charge is -2.17. The molecule has 0 amide bonds. The van der Waals surface area contributed by atoms with Gasteiger partial charge in [0.15, 0.2) is 5.78 Å². The van der Waals surface area contributed by atoms with Crippen LogP contribution in [0.1, 0.15) is 22.3 Å². The monoisotopic (exact) mass is 314 g/mol. The lowest BCUT2D eigenvalue weighted by atomic mass is 10.1. The van der Waals surface area contributed by atoms with Crippen molar-refractivity contribution in [1.82, 2.24) is 0 Å². The molecule has 3 nitrogen and oxygen atoms in total. The third-order valence-electron chi connectivity index (χ3n) is 3.48. The fourth-order valence-electron chi connectivity index (χ4n) is 2.28. The molecule has 0 unspecified atom stereocenters. The number of fused-ring (bicyclic) bond motifs is 1. The molecule has 3 rings (SSSR count). The Morgan fingerprint density at radius 3 is 2.82 bits per heavy atom. The van der Waals surface area contributed by atoms with E-state index in [1.54, 1.807) is 17.8 Å². The quantitative estimate of drug-likeness (QED) is 0.614. The van der Waals surface area contributed by atoms with Crippen molar-refractivity contribution in [1.29, 1.82) is 0 Å². The second kappa shape index (κ2) is 6.88. The summed E-state index contributed by atoms with van der Waals surface area (Å²) < 4.78 is 11.2. The fourth-order valence-corrected chi connectivity index (χ4v) is 3.02. The standard InChI is InChI=1S/C18H18O3S/c1-13-2-5-15(6-3-13)22-11-10-20-14-4-7-18-16(12-14)17(19)8-9-21-18/h2-7,12H,8-11H2,1H3. The number of ether oxygens (including phenoxy) is 2. The van der Waals surface area contributed by atoms with Crippen molar-refractivity contribution in [2.75, 3.05) is 19.0 Å². The SMILES string of the molecule is Cc1ccc(SCCOc2ccc3c(c2)C(=O)CCO3)cc1. The topological polar surface area (TPSA) is 35.5 Å². The van der Waals surface area contributed by atoms with Crippen molar-refractivity contribution in [3.05, 3.63) is 53.6 Å². The molecule has 0 bridgehead atoms. The highest BCUT2D eigenvalue weighted by molar-refractivity contribution is 7.99. The lowest BCUT2D eigenvalue weighted by molar-refractivity contribution is 0.0933. The van der Waals surface area contributed by atoms with Gasteiger partial charge in [0, 0.05) is 17.1 Å². The highest BCUT2D eigenvalue weighted by Crippen LogP contribution is 2.28. The summed E-state index contributed by atoms with van der Waals surface area (Å²) in [6.07, 6.45) is 0.444. The number of Topliss-reactive ketones (excluding diaryl/α,β-unsaturated/α-hetero) is 1. The Kier molecular flexibility index (Phi) is 4.68. The van der Waals surface area contributed by atoms with Gasteiger partial charge in [0.2, 0.25) is 0 Å². The van der Waals surface area contributed by atoms with Gasteiger partial charge in [0.05, 0.1) is 18.8 Å². The van der Waals surface area contributed by atoms with Gasteiger partial charge in [0.1, 0.15) is 11.5 Å². The van der Waals surface area contributed by atoms with E-state index in [9.17, 15) is 4.79 Å². The summed E-state index contributed by atoms with van der Waals surface area (Å²) in [5.41, 5.74) is 1.90. The van der Waals surface area contributed by atoms with E-state index in [4.69, 9.17) is 9.47 Å². The van der Waals surface area contributed by atoms with Crippen LogP contribution in [-0.2, 0) is 0 Å². The van der Waals surface area contributed by atoms with Crippen molar-refractivity contribution in [3.63, 3.8) is 0 Å². The first-order chi connectivity index (χ1) is 10.7. The highest BCUT2D eigenvalue weighted by Gasteiger charge is 2.18. The van der Waals surface area contributed by atoms with E-state index >= 15 is 0 Å². The van der Waals surface area contributed by atoms with Crippen LogP contribution in [0.5, 0.6) is 11.5 Å². The fraction of sp³-hybridized carbons (Fsp3) is 0.278. The third kappa shape index (κ3) is 3.63. The number of hydrogen-bond donors (Lipinski definition) is 0. The summed E-state index contributed by atoms with van der Waals surface area (Å²) in [5, 5.41) is 0. The molecular formula is C18H18O3S. The predicted molar refractivity (Wildman–Crippen MR) is 88.3 cm³/mol. The zero-order chi connectivity index (χ0) is 15.4. The van der Waals surface area contributed by atoms with Crippen LogP contribution >= 0.6 is 11.8 Å². The molecule has 114 valence electrons. The minimum Gasteiger partial charge on any atom is -0.493 e. The number of hydrogen-bond acceptors (Lipinski definition) is 4. The maximum atomic E-state index is 11.8. The summed E-state index contributed by atoms with van der Waals surface area (Å²) in [6.45, 7) is 3.16. The zero-order valence-corrected chi connectivity index (χ0v) is 13.3. The molecule has 0 aliphatic carbocycles. The van der Waals surface area contributed by atoms with E-state index in [-0.39, 0.29) is 5.78 Å². The van der Waals surface area contributed by atoms with Crippen molar-refractivity contribution >= 4 is 17.5 Å². The largest absolute Gasteiger partial charge is 0.493 e. The first-order valence-electron chi connectivity index (χ1n) is 7.35. The molecule has 0 N–H and O–H groups in total. The number of rotatable bonds is 5. The van der Waals surface area contributed by atoms with E-state index in [1.807, 2.05) is 12.1 Å². The van der Waals surface area contributed by atoms with Crippen LogP contribution in [0.15, 0.2) is 47.4 Å². The molecular weight excluding hydrogens is 296 g/mol. The molecule has 2 aromatic carbocycles. The van der Waals surface area contributed by atoms with E-state index < -0.39 is 0 Å². The van der Waals surface area contributed by atoms with Gasteiger partial charge in [-0.05, 0) is 37.3 Å². The van der Waals surface area contributed by atoms with Crippen LogP contribution in [0.25, 0.3) is 0 Å². The molecule has 0 radical (unpaired) electrons. The zero-order valence-electron chi connectivity index (χ0n) is 12.5. The molecule has 1 heterocycles. The minimum absolute atomic E-state index is 0.126.